The maximum absolute atomic E-state index is 11.4. The first-order chi connectivity index (χ1) is 6.04. The Morgan fingerprint density at radius 3 is 2.46 bits per heavy atom. The van der Waals surface area contributed by atoms with Crippen molar-refractivity contribution >= 4 is 98.6 Å². The number of thiol groups is 1. The molecule has 13 heavy (non-hydrogen) atoms. The third-order valence-electron chi connectivity index (χ3n) is 0.660. The van der Waals surface area contributed by atoms with Crippen molar-refractivity contribution in [3.05, 3.63) is 0 Å². The predicted molar refractivity (Wildman–Crippen MR) is 87.7 cm³/mol. The summed E-state index contributed by atoms with van der Waals surface area (Å²) in [7, 11) is 6.28. The van der Waals surface area contributed by atoms with E-state index in [0.29, 0.717) is 5.75 Å². The Bertz CT molecular complexity index is 207. The quantitative estimate of drug-likeness (QED) is 0.314. The third kappa shape index (κ3) is 8.00. The topological polar surface area (TPSA) is 23.1 Å². The Morgan fingerprint density at radius 2 is 2.00 bits per heavy atom. The Morgan fingerprint density at radius 1 is 1.38 bits per heavy atom. The van der Waals surface area contributed by atoms with Gasteiger partial charge in [-0.3, -0.25) is 0 Å². The van der Waals surface area contributed by atoms with Gasteiger partial charge in [0.15, 0.2) is 0 Å². The van der Waals surface area contributed by atoms with Crippen molar-refractivity contribution in [1.82, 2.24) is 0 Å². The third-order valence-corrected chi connectivity index (χ3v) is 23.5. The van der Waals surface area contributed by atoms with Gasteiger partial charge in [-0.1, -0.05) is 11.7 Å². The molecule has 11 heteroatoms. The van der Waals surface area contributed by atoms with Crippen LogP contribution in [-0.4, -0.2) is 10.3 Å². The average Bonchev–Trinajstić information content (AvgIpc) is 2.11. The van der Waals surface area contributed by atoms with Crippen LogP contribution in [-0.2, 0) is 37.8 Å². The Balaban J connectivity index is 3.77. The highest BCUT2D eigenvalue weighted by Crippen LogP contribution is 2.52. The molecule has 0 bridgehead atoms. The van der Waals surface area contributed by atoms with Crippen molar-refractivity contribution < 1.29 is 4.55 Å². The van der Waals surface area contributed by atoms with Crippen LogP contribution in [0.1, 0.15) is 6.92 Å². The lowest BCUT2D eigenvalue weighted by molar-refractivity contribution is 0.610. The molecule has 1 unspecified atom stereocenters. The summed E-state index contributed by atoms with van der Waals surface area (Å²) < 4.78 is 11.4. The van der Waals surface area contributed by atoms with E-state index in [4.69, 9.17) is 22.4 Å². The number of hydrogen-bond donors (Lipinski definition) is 1. The highest BCUT2D eigenvalue weighted by Gasteiger charge is 2.17. The minimum absolute atomic E-state index is 0.551. The molecule has 0 saturated carbocycles. The zero-order chi connectivity index (χ0) is 10.3. The Kier molecular flexibility index (Phi) is 11.5. The number of rotatable bonds is 7. The molecule has 0 rings (SSSR count). The van der Waals surface area contributed by atoms with E-state index in [2.05, 4.69) is 11.7 Å². The molecular formula is C2H6OS10. The van der Waals surface area contributed by atoms with Crippen molar-refractivity contribution in [3.8, 4) is 0 Å². The summed E-state index contributed by atoms with van der Waals surface area (Å²) in [5, 5.41) is -1.84. The zero-order valence-electron chi connectivity index (χ0n) is 6.24. The van der Waals surface area contributed by atoms with Crippen LogP contribution in [0.4, 0.5) is 0 Å². The second kappa shape index (κ2) is 9.25. The van der Waals surface area contributed by atoms with Gasteiger partial charge in [-0.05, 0) is 26.6 Å². The molecule has 0 heterocycles. The van der Waals surface area contributed by atoms with Crippen molar-refractivity contribution in [2.45, 2.75) is 6.92 Å². The molecule has 0 N–H and O–H groups in total. The van der Waals surface area contributed by atoms with Crippen LogP contribution in [0.25, 0.3) is 0 Å². The van der Waals surface area contributed by atoms with Crippen molar-refractivity contribution in [3.63, 3.8) is 0 Å². The summed E-state index contributed by atoms with van der Waals surface area (Å²) in [6.45, 7) is 1.84. The maximum atomic E-state index is 11.4. The van der Waals surface area contributed by atoms with Crippen LogP contribution in [0.3, 0.4) is 0 Å². The largest absolute Gasteiger partial charge is 0.604 e. The summed E-state index contributed by atoms with van der Waals surface area (Å²) >= 11 is 14.2. The highest BCUT2D eigenvalue weighted by atomic mass is 34.0. The molecule has 0 saturated heterocycles. The minimum Gasteiger partial charge on any atom is -0.604 e. The van der Waals surface area contributed by atoms with Crippen LogP contribution in [0.5, 0.6) is 0 Å². The first kappa shape index (κ1) is 16.2. The first-order valence-electron chi connectivity index (χ1n) is 2.68. The van der Waals surface area contributed by atoms with E-state index >= 15 is 0 Å². The standard InChI is InChI=1S/C2H6OS10/c1-2-12(3)13(5,6)11-10-9-8-7-4/h4H,2H2,1H3. The van der Waals surface area contributed by atoms with Gasteiger partial charge in [-0.25, -0.2) is 0 Å². The smallest absolute Gasteiger partial charge is 0.140 e. The van der Waals surface area contributed by atoms with Gasteiger partial charge in [0, 0.05) is 62.1 Å². The van der Waals surface area contributed by atoms with Crippen molar-refractivity contribution in [1.29, 1.82) is 0 Å². The van der Waals surface area contributed by atoms with Gasteiger partial charge in [-0.2, -0.15) is 0 Å². The van der Waals surface area contributed by atoms with E-state index in [9.17, 15) is 4.55 Å². The van der Waals surface area contributed by atoms with Gasteiger partial charge in [0.2, 0.25) is 0 Å². The molecule has 0 amide bonds. The predicted octanol–water partition coefficient (Wildman–Crippen LogP) is 3.83. The molecule has 0 aliphatic heterocycles. The maximum Gasteiger partial charge on any atom is 0.140 e. The normalized spacial score (nSPS) is 14.4. The molecule has 0 aliphatic carbocycles. The molecule has 80 valence electrons. The van der Waals surface area contributed by atoms with E-state index < -0.39 is 15.4 Å². The summed E-state index contributed by atoms with van der Waals surface area (Å²) in [4.78, 5) is 0. The Labute approximate surface area is 114 Å². The van der Waals surface area contributed by atoms with Gasteiger partial charge >= 0.3 is 0 Å². The molecule has 0 aromatic heterocycles. The van der Waals surface area contributed by atoms with Gasteiger partial charge in [-0.15, -0.1) is 0 Å². The van der Waals surface area contributed by atoms with Gasteiger partial charge < -0.3 is 4.55 Å². The molecule has 1 atom stereocenters. The van der Waals surface area contributed by atoms with Crippen molar-refractivity contribution in [2.75, 3.05) is 5.75 Å². The van der Waals surface area contributed by atoms with Crippen LogP contribution >= 0.6 is 60.8 Å². The minimum atomic E-state index is -1.84. The van der Waals surface area contributed by atoms with Gasteiger partial charge in [0.1, 0.15) is 11.0 Å². The number of hydrogen-bond acceptors (Lipinski definition) is 9. The van der Waals surface area contributed by atoms with E-state index in [-0.39, 0.29) is 0 Å². The highest BCUT2D eigenvalue weighted by molar-refractivity contribution is 9.51. The fourth-order valence-electron chi connectivity index (χ4n) is 0.244. The second-order valence-corrected chi connectivity index (χ2v) is 23.3. The van der Waals surface area contributed by atoms with Crippen molar-refractivity contribution in [2.24, 2.45) is 0 Å². The van der Waals surface area contributed by atoms with Crippen LogP contribution < -0.4 is 0 Å². The molecule has 1 nitrogen and oxygen atoms in total. The summed E-state index contributed by atoms with van der Waals surface area (Å²) in [5.41, 5.74) is 0. The molecule has 0 fully saturated rings. The van der Waals surface area contributed by atoms with Crippen LogP contribution in [0, 0.1) is 0 Å². The molecule has 0 spiro atoms. The zero-order valence-corrected chi connectivity index (χ0v) is 14.5. The summed E-state index contributed by atoms with van der Waals surface area (Å²) in [5.74, 6) is 0.551. The lowest BCUT2D eigenvalue weighted by atomic mass is 11.0. The summed E-state index contributed by atoms with van der Waals surface area (Å²) in [6.07, 6.45) is 0. The molecule has 0 radical (unpaired) electrons. The average molecular weight is 367 g/mol. The van der Waals surface area contributed by atoms with Gasteiger partial charge in [0.05, 0.1) is 0 Å². The van der Waals surface area contributed by atoms with E-state index in [1.807, 2.05) is 6.92 Å². The van der Waals surface area contributed by atoms with E-state index in [1.165, 1.54) is 39.3 Å². The molecule has 0 aliphatic rings. The summed E-state index contributed by atoms with van der Waals surface area (Å²) in [6, 6.07) is 0. The lowest BCUT2D eigenvalue weighted by Crippen LogP contribution is -2.10. The SMILES string of the molecule is CC[S+]([O-])S(=S)(=S)SSSSSS. The van der Waals surface area contributed by atoms with Crippen LogP contribution in [0.15, 0.2) is 0 Å². The first-order valence-corrected chi connectivity index (χ1v) is 15.7. The lowest BCUT2D eigenvalue weighted by Gasteiger charge is -2.11. The fourth-order valence-corrected chi connectivity index (χ4v) is 23.2. The van der Waals surface area contributed by atoms with E-state index in [0.717, 1.165) is 0 Å². The fraction of sp³-hybridized carbons (Fsp3) is 1.00. The molecular weight excluding hydrogens is 361 g/mol. The Hall–Kier alpha value is 3.20. The van der Waals surface area contributed by atoms with Crippen LogP contribution in [0.2, 0.25) is 0 Å². The molecule has 0 aromatic rings. The van der Waals surface area contributed by atoms with E-state index in [1.54, 1.807) is 9.83 Å². The second-order valence-electron chi connectivity index (χ2n) is 1.35. The monoisotopic (exact) mass is 366 g/mol. The molecule has 0 aromatic carbocycles. The van der Waals surface area contributed by atoms with Gasteiger partial charge in [0.25, 0.3) is 0 Å².